The average molecular weight is 178 g/mol. The van der Waals surface area contributed by atoms with E-state index in [1.54, 1.807) is 12.1 Å². The van der Waals surface area contributed by atoms with Gasteiger partial charge in [0.05, 0.1) is 18.2 Å². The van der Waals surface area contributed by atoms with Crippen LogP contribution in [0.1, 0.15) is 12.0 Å². The Morgan fingerprint density at radius 3 is 3.15 bits per heavy atom. The number of nitriles is 1. The zero-order valence-corrected chi connectivity index (χ0v) is 7.10. The lowest BCUT2D eigenvalue weighted by atomic mass is 10.3. The van der Waals surface area contributed by atoms with Crippen LogP contribution in [0.3, 0.4) is 0 Å². The van der Waals surface area contributed by atoms with Crippen LogP contribution in [0.5, 0.6) is 5.88 Å². The van der Waals surface area contributed by atoms with Gasteiger partial charge in [0.2, 0.25) is 5.88 Å². The first-order chi connectivity index (χ1) is 6.36. The number of aliphatic hydroxyl groups excluding tert-OH is 1. The summed E-state index contributed by atoms with van der Waals surface area (Å²) < 4.78 is 5.17. The lowest BCUT2D eigenvalue weighted by Crippen LogP contribution is -2.01. The summed E-state index contributed by atoms with van der Waals surface area (Å²) in [6.07, 6.45) is 2.09. The largest absolute Gasteiger partial charge is 0.478 e. The van der Waals surface area contributed by atoms with Crippen molar-refractivity contribution in [3.05, 3.63) is 23.9 Å². The summed E-state index contributed by atoms with van der Waals surface area (Å²) in [5.74, 6) is 0.424. The summed E-state index contributed by atoms with van der Waals surface area (Å²) >= 11 is 0. The van der Waals surface area contributed by atoms with Crippen LogP contribution in [0.15, 0.2) is 18.3 Å². The van der Waals surface area contributed by atoms with E-state index in [-0.39, 0.29) is 6.61 Å². The van der Waals surface area contributed by atoms with Crippen molar-refractivity contribution < 1.29 is 9.84 Å². The predicted octanol–water partition coefficient (Wildman–Crippen LogP) is 0.714. The SMILES string of the molecule is N#Cc1ccnc(OCCCO)c1. The molecule has 1 aromatic heterocycles. The summed E-state index contributed by atoms with van der Waals surface area (Å²) in [6, 6.07) is 5.17. The predicted molar refractivity (Wildman–Crippen MR) is 46.1 cm³/mol. The van der Waals surface area contributed by atoms with Crippen molar-refractivity contribution in [3.8, 4) is 11.9 Å². The molecule has 0 spiro atoms. The molecule has 68 valence electrons. The molecule has 0 saturated carbocycles. The Hall–Kier alpha value is -1.60. The molecule has 4 heteroatoms. The van der Waals surface area contributed by atoms with Gasteiger partial charge in [0.25, 0.3) is 0 Å². The van der Waals surface area contributed by atoms with Crippen LogP contribution >= 0.6 is 0 Å². The van der Waals surface area contributed by atoms with E-state index in [2.05, 4.69) is 4.98 Å². The Labute approximate surface area is 76.4 Å². The number of ether oxygens (including phenoxy) is 1. The van der Waals surface area contributed by atoms with Gasteiger partial charge in [-0.25, -0.2) is 4.98 Å². The molecule has 0 bridgehead atoms. The zero-order chi connectivity index (χ0) is 9.52. The van der Waals surface area contributed by atoms with E-state index in [0.717, 1.165) is 0 Å². The summed E-state index contributed by atoms with van der Waals surface area (Å²) in [4.78, 5) is 3.90. The van der Waals surface area contributed by atoms with Crippen molar-refractivity contribution in [2.45, 2.75) is 6.42 Å². The normalized spacial score (nSPS) is 9.23. The second-order valence-electron chi connectivity index (χ2n) is 2.42. The summed E-state index contributed by atoms with van der Waals surface area (Å²) in [6.45, 7) is 0.510. The lowest BCUT2D eigenvalue weighted by molar-refractivity contribution is 0.229. The molecule has 0 fully saturated rings. The molecule has 4 nitrogen and oxygen atoms in total. The van der Waals surface area contributed by atoms with Crippen LogP contribution in [0.2, 0.25) is 0 Å². The van der Waals surface area contributed by atoms with Crippen LogP contribution in [0, 0.1) is 11.3 Å². The van der Waals surface area contributed by atoms with Crippen LogP contribution in [0.4, 0.5) is 0 Å². The van der Waals surface area contributed by atoms with Gasteiger partial charge in [-0.1, -0.05) is 0 Å². The van der Waals surface area contributed by atoms with E-state index in [1.165, 1.54) is 6.20 Å². The van der Waals surface area contributed by atoms with Crippen molar-refractivity contribution >= 4 is 0 Å². The van der Waals surface area contributed by atoms with E-state index in [9.17, 15) is 0 Å². The van der Waals surface area contributed by atoms with Gasteiger partial charge in [0, 0.05) is 25.3 Å². The highest BCUT2D eigenvalue weighted by atomic mass is 16.5. The first-order valence-corrected chi connectivity index (χ1v) is 3.96. The fourth-order valence-corrected chi connectivity index (χ4v) is 0.799. The molecule has 1 heterocycles. The summed E-state index contributed by atoms with van der Waals surface area (Å²) in [5, 5.41) is 17.1. The van der Waals surface area contributed by atoms with E-state index in [1.807, 2.05) is 6.07 Å². The summed E-state index contributed by atoms with van der Waals surface area (Å²) in [5.41, 5.74) is 0.522. The van der Waals surface area contributed by atoms with Crippen LogP contribution < -0.4 is 4.74 Å². The van der Waals surface area contributed by atoms with Gasteiger partial charge in [0.15, 0.2) is 0 Å². The standard InChI is InChI=1S/C9H10N2O2/c10-7-8-2-3-11-9(6-8)13-5-1-4-12/h2-3,6,12H,1,4-5H2. The van der Waals surface area contributed by atoms with Crippen molar-refractivity contribution in [1.82, 2.24) is 4.98 Å². The Balaban J connectivity index is 2.52. The molecule has 13 heavy (non-hydrogen) atoms. The molecule has 0 radical (unpaired) electrons. The third-order valence-corrected chi connectivity index (χ3v) is 1.42. The minimum atomic E-state index is 0.0952. The van der Waals surface area contributed by atoms with Gasteiger partial charge in [-0.15, -0.1) is 0 Å². The number of rotatable bonds is 4. The Morgan fingerprint density at radius 2 is 2.46 bits per heavy atom. The number of nitrogens with zero attached hydrogens (tertiary/aromatic N) is 2. The van der Waals surface area contributed by atoms with Crippen LogP contribution in [0.25, 0.3) is 0 Å². The first kappa shape index (κ1) is 9.49. The highest BCUT2D eigenvalue weighted by Gasteiger charge is 1.96. The van der Waals surface area contributed by atoms with E-state index < -0.39 is 0 Å². The number of hydrogen-bond acceptors (Lipinski definition) is 4. The van der Waals surface area contributed by atoms with Crippen molar-refractivity contribution in [2.24, 2.45) is 0 Å². The maximum atomic E-state index is 8.56. The van der Waals surface area contributed by atoms with E-state index >= 15 is 0 Å². The second-order valence-corrected chi connectivity index (χ2v) is 2.42. The molecule has 1 N–H and O–H groups in total. The van der Waals surface area contributed by atoms with Crippen molar-refractivity contribution in [3.63, 3.8) is 0 Å². The number of hydrogen-bond donors (Lipinski definition) is 1. The summed E-state index contributed by atoms with van der Waals surface area (Å²) in [7, 11) is 0. The Bertz CT molecular complexity index is 307. The molecule has 0 saturated heterocycles. The molecular weight excluding hydrogens is 168 g/mol. The Morgan fingerprint density at radius 1 is 1.62 bits per heavy atom. The van der Waals surface area contributed by atoms with Gasteiger partial charge in [0.1, 0.15) is 0 Å². The van der Waals surface area contributed by atoms with E-state index in [4.69, 9.17) is 15.1 Å². The monoisotopic (exact) mass is 178 g/mol. The third kappa shape index (κ3) is 3.09. The lowest BCUT2D eigenvalue weighted by Gasteiger charge is -2.02. The number of aliphatic hydroxyl groups is 1. The molecule has 0 unspecified atom stereocenters. The maximum absolute atomic E-state index is 8.56. The number of pyridine rings is 1. The number of aromatic nitrogens is 1. The van der Waals surface area contributed by atoms with E-state index in [0.29, 0.717) is 24.5 Å². The Kier molecular flexibility index (Phi) is 3.74. The second kappa shape index (κ2) is 5.12. The third-order valence-electron chi connectivity index (χ3n) is 1.42. The fraction of sp³-hybridized carbons (Fsp3) is 0.333. The van der Waals surface area contributed by atoms with Crippen LogP contribution in [-0.2, 0) is 0 Å². The maximum Gasteiger partial charge on any atom is 0.214 e. The molecular formula is C9H10N2O2. The molecule has 0 aliphatic heterocycles. The molecule has 1 aromatic rings. The average Bonchev–Trinajstić information content (AvgIpc) is 2.19. The van der Waals surface area contributed by atoms with Crippen LogP contribution in [-0.4, -0.2) is 23.3 Å². The molecule has 0 atom stereocenters. The topological polar surface area (TPSA) is 66.1 Å². The minimum Gasteiger partial charge on any atom is -0.478 e. The van der Waals surface area contributed by atoms with Gasteiger partial charge < -0.3 is 9.84 Å². The molecule has 0 aromatic carbocycles. The zero-order valence-electron chi connectivity index (χ0n) is 7.10. The first-order valence-electron chi connectivity index (χ1n) is 3.96. The van der Waals surface area contributed by atoms with Gasteiger partial charge in [-0.3, -0.25) is 0 Å². The quantitative estimate of drug-likeness (QED) is 0.690. The molecule has 0 aliphatic rings. The highest BCUT2D eigenvalue weighted by molar-refractivity contribution is 5.31. The molecule has 0 amide bonds. The molecule has 0 aliphatic carbocycles. The smallest absolute Gasteiger partial charge is 0.214 e. The molecule has 1 rings (SSSR count). The van der Waals surface area contributed by atoms with Crippen molar-refractivity contribution in [2.75, 3.05) is 13.2 Å². The van der Waals surface area contributed by atoms with Gasteiger partial charge in [-0.05, 0) is 6.07 Å². The highest BCUT2D eigenvalue weighted by Crippen LogP contribution is 2.07. The minimum absolute atomic E-state index is 0.0952. The van der Waals surface area contributed by atoms with Gasteiger partial charge in [-0.2, -0.15) is 5.26 Å². The van der Waals surface area contributed by atoms with Gasteiger partial charge >= 0.3 is 0 Å². The van der Waals surface area contributed by atoms with Crippen molar-refractivity contribution in [1.29, 1.82) is 5.26 Å². The fourth-order valence-electron chi connectivity index (χ4n) is 0.799.